The highest BCUT2D eigenvalue weighted by atomic mass is 28.4. The molecule has 3 nitrogen and oxygen atoms in total. The zero-order chi connectivity index (χ0) is 15.2. The molecule has 0 spiro atoms. The van der Waals surface area contributed by atoms with Crippen molar-refractivity contribution in [2.75, 3.05) is 33.0 Å². The first-order chi connectivity index (χ1) is 8.56. The zero-order valence-electron chi connectivity index (χ0n) is 13.5. The fourth-order valence-corrected chi connectivity index (χ4v) is 6.67. The van der Waals surface area contributed by atoms with Crippen LogP contribution in [0.3, 0.4) is 0 Å². The summed E-state index contributed by atoms with van der Waals surface area (Å²) >= 11 is 0. The SMILES string of the molecule is CC(C)(C)[Si](F)(CCOCCOCCN)C(C)(C)C. The topological polar surface area (TPSA) is 44.5 Å². The van der Waals surface area contributed by atoms with Gasteiger partial charge in [-0.2, -0.15) is 0 Å². The van der Waals surface area contributed by atoms with Crippen molar-refractivity contribution in [1.29, 1.82) is 0 Å². The minimum Gasteiger partial charge on any atom is -0.379 e. The van der Waals surface area contributed by atoms with Gasteiger partial charge in [0.05, 0.1) is 19.8 Å². The molecule has 0 aliphatic rings. The molecule has 116 valence electrons. The van der Waals surface area contributed by atoms with Gasteiger partial charge < -0.3 is 19.3 Å². The van der Waals surface area contributed by atoms with E-state index in [1.807, 2.05) is 41.5 Å². The van der Waals surface area contributed by atoms with Crippen LogP contribution in [0.15, 0.2) is 0 Å². The molecule has 0 aliphatic carbocycles. The molecule has 0 saturated heterocycles. The molecule has 0 aliphatic heterocycles. The van der Waals surface area contributed by atoms with Gasteiger partial charge in [0.25, 0.3) is 8.41 Å². The third-order valence-electron chi connectivity index (χ3n) is 3.60. The van der Waals surface area contributed by atoms with Crippen LogP contribution in [0.2, 0.25) is 16.1 Å². The Morgan fingerprint density at radius 1 is 0.842 bits per heavy atom. The van der Waals surface area contributed by atoms with Crippen LogP contribution in [0.25, 0.3) is 0 Å². The molecule has 0 radical (unpaired) electrons. The lowest BCUT2D eigenvalue weighted by atomic mass is 10.2. The van der Waals surface area contributed by atoms with E-state index in [0.29, 0.717) is 39.0 Å². The Morgan fingerprint density at radius 2 is 1.26 bits per heavy atom. The normalized spacial score (nSPS) is 13.9. The molecule has 0 rings (SSSR count). The predicted molar refractivity (Wildman–Crippen MR) is 81.8 cm³/mol. The van der Waals surface area contributed by atoms with Crippen LogP contribution in [-0.4, -0.2) is 41.4 Å². The number of halogens is 1. The maximum atomic E-state index is 15.4. The van der Waals surface area contributed by atoms with Crippen LogP contribution in [0.4, 0.5) is 4.11 Å². The van der Waals surface area contributed by atoms with Gasteiger partial charge in [0, 0.05) is 13.2 Å². The molecule has 0 amide bonds. The third kappa shape index (κ3) is 5.89. The number of hydrogen-bond donors (Lipinski definition) is 1. The smallest absolute Gasteiger partial charge is 0.259 e. The van der Waals surface area contributed by atoms with Gasteiger partial charge in [-0.15, -0.1) is 0 Å². The fourth-order valence-electron chi connectivity index (χ4n) is 2.49. The molecule has 0 aromatic rings. The Labute approximate surface area is 119 Å². The van der Waals surface area contributed by atoms with E-state index in [4.69, 9.17) is 15.2 Å². The zero-order valence-corrected chi connectivity index (χ0v) is 14.5. The van der Waals surface area contributed by atoms with Gasteiger partial charge in [0.2, 0.25) is 0 Å². The maximum Gasteiger partial charge on any atom is 0.259 e. The van der Waals surface area contributed by atoms with Crippen molar-refractivity contribution in [2.45, 2.75) is 57.7 Å². The molecule has 0 heterocycles. The first kappa shape index (κ1) is 19.0. The van der Waals surface area contributed by atoms with Crippen LogP contribution >= 0.6 is 0 Å². The molecule has 0 bridgehead atoms. The standard InChI is InChI=1S/C14H32FNO2Si/c1-13(2,3)19(15,14(4,5)6)12-11-18-10-9-17-8-7-16/h7-12,16H2,1-6H3. The lowest BCUT2D eigenvalue weighted by Gasteiger charge is -2.44. The Balaban J connectivity index is 4.18. The summed E-state index contributed by atoms with van der Waals surface area (Å²) in [5.41, 5.74) is 5.31. The van der Waals surface area contributed by atoms with E-state index in [9.17, 15) is 0 Å². The summed E-state index contributed by atoms with van der Waals surface area (Å²) < 4.78 is 26.2. The monoisotopic (exact) mass is 293 g/mol. The highest BCUT2D eigenvalue weighted by molar-refractivity contribution is 6.78. The average molecular weight is 293 g/mol. The van der Waals surface area contributed by atoms with Gasteiger partial charge in [-0.05, 0) is 16.1 Å². The lowest BCUT2D eigenvalue weighted by molar-refractivity contribution is 0.0549. The Hall–Kier alpha value is 0.0269. The Kier molecular flexibility index (Phi) is 7.73. The van der Waals surface area contributed by atoms with Gasteiger partial charge in [0.15, 0.2) is 0 Å². The average Bonchev–Trinajstić information content (AvgIpc) is 2.24. The molecular formula is C14H32FNO2Si. The summed E-state index contributed by atoms with van der Waals surface area (Å²) in [4.78, 5) is 0. The summed E-state index contributed by atoms with van der Waals surface area (Å²) in [7, 11) is -2.91. The molecule has 5 heteroatoms. The van der Waals surface area contributed by atoms with E-state index in [1.54, 1.807) is 0 Å². The summed E-state index contributed by atoms with van der Waals surface area (Å²) in [6.45, 7) is 14.6. The van der Waals surface area contributed by atoms with Crippen molar-refractivity contribution in [3.63, 3.8) is 0 Å². The van der Waals surface area contributed by atoms with E-state index in [2.05, 4.69) is 0 Å². The number of hydrogen-bond acceptors (Lipinski definition) is 3. The van der Waals surface area contributed by atoms with Crippen LogP contribution < -0.4 is 5.73 Å². The molecule has 19 heavy (non-hydrogen) atoms. The molecule has 0 aromatic heterocycles. The van der Waals surface area contributed by atoms with Gasteiger partial charge >= 0.3 is 0 Å². The van der Waals surface area contributed by atoms with Gasteiger partial charge in [0.1, 0.15) is 0 Å². The van der Waals surface area contributed by atoms with Gasteiger partial charge in [-0.25, -0.2) is 0 Å². The van der Waals surface area contributed by atoms with Crippen LogP contribution in [0.5, 0.6) is 0 Å². The second-order valence-electron chi connectivity index (χ2n) is 7.06. The summed E-state index contributed by atoms with van der Waals surface area (Å²) in [5.74, 6) is 0. The van der Waals surface area contributed by atoms with Crippen molar-refractivity contribution >= 4 is 8.41 Å². The first-order valence-electron chi connectivity index (χ1n) is 7.11. The molecule has 2 N–H and O–H groups in total. The second kappa shape index (κ2) is 7.72. The predicted octanol–water partition coefficient (Wildman–Crippen LogP) is 3.49. The first-order valence-corrected chi connectivity index (χ1v) is 9.19. The number of rotatable bonds is 8. The van der Waals surface area contributed by atoms with Gasteiger partial charge in [-0.1, -0.05) is 41.5 Å². The molecule has 0 unspecified atom stereocenters. The molecule has 0 aromatic carbocycles. The van der Waals surface area contributed by atoms with Crippen molar-refractivity contribution in [3.8, 4) is 0 Å². The molecule has 0 fully saturated rings. The largest absolute Gasteiger partial charge is 0.379 e. The van der Waals surface area contributed by atoms with E-state index in [-0.39, 0.29) is 10.1 Å². The minimum atomic E-state index is -2.91. The van der Waals surface area contributed by atoms with Gasteiger partial charge in [-0.3, -0.25) is 0 Å². The fraction of sp³-hybridized carbons (Fsp3) is 1.00. The van der Waals surface area contributed by atoms with E-state index < -0.39 is 8.41 Å². The molecule has 0 saturated carbocycles. The van der Waals surface area contributed by atoms with E-state index in [1.165, 1.54) is 0 Å². The van der Waals surface area contributed by atoms with E-state index in [0.717, 1.165) is 0 Å². The third-order valence-corrected chi connectivity index (χ3v) is 9.25. The van der Waals surface area contributed by atoms with Crippen molar-refractivity contribution in [1.82, 2.24) is 0 Å². The molecule has 0 atom stereocenters. The second-order valence-corrected chi connectivity index (χ2v) is 12.2. The molecular weight excluding hydrogens is 261 g/mol. The van der Waals surface area contributed by atoms with Crippen LogP contribution in [0.1, 0.15) is 41.5 Å². The summed E-state index contributed by atoms with van der Waals surface area (Å²) in [6.07, 6.45) is 0. The quantitative estimate of drug-likeness (QED) is 0.423. The van der Waals surface area contributed by atoms with Crippen molar-refractivity contribution in [3.05, 3.63) is 0 Å². The maximum absolute atomic E-state index is 15.4. The number of ether oxygens (including phenoxy) is 2. The Bertz CT molecular complexity index is 235. The highest BCUT2D eigenvalue weighted by Gasteiger charge is 2.54. The minimum absolute atomic E-state index is 0.273. The van der Waals surface area contributed by atoms with Crippen molar-refractivity contribution < 1.29 is 13.6 Å². The number of nitrogens with two attached hydrogens (primary N) is 1. The van der Waals surface area contributed by atoms with Crippen molar-refractivity contribution in [2.24, 2.45) is 5.73 Å². The lowest BCUT2D eigenvalue weighted by Crippen LogP contribution is -2.48. The Morgan fingerprint density at radius 3 is 1.63 bits per heavy atom. The summed E-state index contributed by atoms with van der Waals surface area (Å²) in [6, 6.07) is 0.539. The summed E-state index contributed by atoms with van der Waals surface area (Å²) in [5, 5.41) is -0.546. The highest BCUT2D eigenvalue weighted by Crippen LogP contribution is 2.53. The van der Waals surface area contributed by atoms with Crippen LogP contribution in [0, 0.1) is 0 Å². The van der Waals surface area contributed by atoms with E-state index >= 15 is 4.11 Å². The van der Waals surface area contributed by atoms with Crippen LogP contribution in [-0.2, 0) is 9.47 Å².